The van der Waals surface area contributed by atoms with Gasteiger partial charge >= 0.3 is 0 Å². The molecule has 1 spiro atoms. The van der Waals surface area contributed by atoms with Crippen molar-refractivity contribution < 1.29 is 14.0 Å². The zero-order chi connectivity index (χ0) is 15.0. The lowest BCUT2D eigenvalue weighted by Crippen LogP contribution is -2.65. The van der Waals surface area contributed by atoms with E-state index in [-0.39, 0.29) is 29.9 Å². The average molecular weight is 311 g/mol. The minimum absolute atomic E-state index is 0.00652. The Morgan fingerprint density at radius 3 is 2.71 bits per heavy atom. The number of hydrogen-bond donors (Lipinski definition) is 1. The molecule has 21 heavy (non-hydrogen) atoms. The number of halogens is 2. The first-order valence-electron chi connectivity index (χ1n) is 7.05. The highest BCUT2D eigenvalue weighted by atomic mass is 35.5. The van der Waals surface area contributed by atoms with Crippen LogP contribution in [0.2, 0.25) is 5.02 Å². The largest absolute Gasteiger partial charge is 0.340 e. The molecule has 0 aromatic heterocycles. The molecule has 1 aliphatic heterocycles. The molecule has 1 saturated heterocycles. The highest BCUT2D eigenvalue weighted by Gasteiger charge is 2.48. The van der Waals surface area contributed by atoms with Gasteiger partial charge in [-0.15, -0.1) is 0 Å². The predicted octanol–water partition coefficient (Wildman–Crippen LogP) is 2.25. The summed E-state index contributed by atoms with van der Waals surface area (Å²) in [7, 11) is 0. The van der Waals surface area contributed by atoms with Crippen LogP contribution in [-0.4, -0.2) is 28.8 Å². The molecule has 4 nitrogen and oxygen atoms in total. The molecule has 2 aliphatic rings. The van der Waals surface area contributed by atoms with Gasteiger partial charge in [-0.25, -0.2) is 4.39 Å². The van der Waals surface area contributed by atoms with Crippen LogP contribution in [0.5, 0.6) is 0 Å². The lowest BCUT2D eigenvalue weighted by Gasteiger charge is -2.39. The minimum Gasteiger partial charge on any atom is -0.340 e. The number of benzene rings is 1. The third kappa shape index (κ3) is 2.50. The molecule has 0 radical (unpaired) electrons. The second-order valence-electron chi connectivity index (χ2n) is 5.71. The Morgan fingerprint density at radius 1 is 1.29 bits per heavy atom. The molecular formula is C15H16ClFN2O2. The Hall–Kier alpha value is -1.62. The van der Waals surface area contributed by atoms with Crippen LogP contribution in [0.15, 0.2) is 18.2 Å². The highest BCUT2D eigenvalue weighted by molar-refractivity contribution is 6.31. The molecule has 1 aromatic rings. The molecule has 112 valence electrons. The lowest BCUT2D eigenvalue weighted by atomic mass is 9.93. The van der Waals surface area contributed by atoms with Gasteiger partial charge in [-0.05, 0) is 24.5 Å². The molecule has 6 heteroatoms. The maximum absolute atomic E-state index is 13.5. The molecule has 1 aliphatic carbocycles. The number of carbonyl (C=O) groups is 2. The summed E-state index contributed by atoms with van der Waals surface area (Å²) in [5, 5.41) is 2.86. The van der Waals surface area contributed by atoms with Crippen molar-refractivity contribution in [3.8, 4) is 0 Å². The van der Waals surface area contributed by atoms with Gasteiger partial charge < -0.3 is 10.2 Å². The predicted molar refractivity (Wildman–Crippen MR) is 76.2 cm³/mol. The standard InChI is InChI=1S/C15H16ClFN2O2/c16-13-10(4-3-5-11(13)17)8-19-9-12(20)18-15(14(19)21)6-1-2-7-15/h3-5H,1-2,6-9H2,(H,18,20). The molecule has 0 atom stereocenters. The fraction of sp³-hybridized carbons (Fsp3) is 0.467. The Balaban J connectivity index is 1.86. The number of nitrogens with one attached hydrogen (secondary N) is 1. The molecule has 0 bridgehead atoms. The van der Waals surface area contributed by atoms with E-state index in [1.807, 2.05) is 0 Å². The number of nitrogens with zero attached hydrogens (tertiary/aromatic N) is 1. The number of amides is 2. The summed E-state index contributed by atoms with van der Waals surface area (Å²) in [6.07, 6.45) is 3.21. The first-order chi connectivity index (χ1) is 10.0. The minimum atomic E-state index is -0.755. The summed E-state index contributed by atoms with van der Waals surface area (Å²) in [6.45, 7) is 0.151. The number of rotatable bonds is 2. The van der Waals surface area contributed by atoms with Gasteiger partial charge in [0.15, 0.2) is 0 Å². The van der Waals surface area contributed by atoms with Crippen LogP contribution >= 0.6 is 11.6 Å². The fourth-order valence-corrected chi connectivity index (χ4v) is 3.41. The smallest absolute Gasteiger partial charge is 0.249 e. The summed E-state index contributed by atoms with van der Waals surface area (Å²) >= 11 is 5.93. The van der Waals surface area contributed by atoms with Crippen molar-refractivity contribution in [1.29, 1.82) is 0 Å². The number of piperazine rings is 1. The lowest BCUT2D eigenvalue weighted by molar-refractivity contribution is -0.150. The van der Waals surface area contributed by atoms with Crippen molar-refractivity contribution in [3.63, 3.8) is 0 Å². The SMILES string of the molecule is O=C1CN(Cc2cccc(F)c2Cl)C(=O)C2(CCCC2)N1. The van der Waals surface area contributed by atoms with E-state index in [1.165, 1.54) is 11.0 Å². The summed E-state index contributed by atoms with van der Waals surface area (Å²) < 4.78 is 13.5. The molecule has 1 heterocycles. The van der Waals surface area contributed by atoms with Crippen molar-refractivity contribution >= 4 is 23.4 Å². The van der Waals surface area contributed by atoms with E-state index in [9.17, 15) is 14.0 Å². The number of carbonyl (C=O) groups excluding carboxylic acids is 2. The quantitative estimate of drug-likeness (QED) is 0.911. The molecule has 1 aromatic carbocycles. The first-order valence-corrected chi connectivity index (χ1v) is 7.43. The third-order valence-corrected chi connectivity index (χ3v) is 4.68. The van der Waals surface area contributed by atoms with E-state index in [2.05, 4.69) is 5.32 Å². The van der Waals surface area contributed by atoms with Crippen LogP contribution in [0.3, 0.4) is 0 Å². The average Bonchev–Trinajstić information content (AvgIpc) is 2.90. The van der Waals surface area contributed by atoms with E-state index in [1.54, 1.807) is 12.1 Å². The maximum Gasteiger partial charge on any atom is 0.249 e. The topological polar surface area (TPSA) is 49.4 Å². The second-order valence-corrected chi connectivity index (χ2v) is 6.09. The van der Waals surface area contributed by atoms with Crippen molar-refractivity contribution in [1.82, 2.24) is 10.2 Å². The zero-order valence-corrected chi connectivity index (χ0v) is 12.3. The Bertz CT molecular complexity index is 599. The third-order valence-electron chi connectivity index (χ3n) is 4.26. The first kappa shape index (κ1) is 14.3. The van der Waals surface area contributed by atoms with Crippen LogP contribution in [0.25, 0.3) is 0 Å². The van der Waals surface area contributed by atoms with Gasteiger partial charge in [0.05, 0.1) is 11.6 Å². The molecule has 0 unspecified atom stereocenters. The summed E-state index contributed by atoms with van der Waals surface area (Å²) in [4.78, 5) is 26.1. The van der Waals surface area contributed by atoms with Crippen LogP contribution in [0, 0.1) is 5.82 Å². The number of hydrogen-bond acceptors (Lipinski definition) is 2. The summed E-state index contributed by atoms with van der Waals surface area (Å²) in [5.41, 5.74) is -0.234. The van der Waals surface area contributed by atoms with Crippen molar-refractivity contribution in [3.05, 3.63) is 34.6 Å². The van der Waals surface area contributed by atoms with Gasteiger partial charge in [-0.2, -0.15) is 0 Å². The van der Waals surface area contributed by atoms with Crippen molar-refractivity contribution in [2.75, 3.05) is 6.54 Å². The van der Waals surface area contributed by atoms with Crippen LogP contribution in [-0.2, 0) is 16.1 Å². The highest BCUT2D eigenvalue weighted by Crippen LogP contribution is 2.34. The van der Waals surface area contributed by atoms with Crippen molar-refractivity contribution in [2.24, 2.45) is 0 Å². The maximum atomic E-state index is 13.5. The molecule has 3 rings (SSSR count). The van der Waals surface area contributed by atoms with Crippen LogP contribution in [0.4, 0.5) is 4.39 Å². The van der Waals surface area contributed by atoms with Gasteiger partial charge in [0, 0.05) is 6.54 Å². The van der Waals surface area contributed by atoms with Gasteiger partial charge in [0.2, 0.25) is 11.8 Å². The Morgan fingerprint density at radius 2 is 2.00 bits per heavy atom. The van der Waals surface area contributed by atoms with E-state index >= 15 is 0 Å². The molecule has 1 saturated carbocycles. The fourth-order valence-electron chi connectivity index (χ4n) is 3.23. The molecular weight excluding hydrogens is 295 g/mol. The summed E-state index contributed by atoms with van der Waals surface area (Å²) in [5.74, 6) is -0.761. The summed E-state index contributed by atoms with van der Waals surface area (Å²) in [6, 6.07) is 4.50. The van der Waals surface area contributed by atoms with Crippen LogP contribution in [0.1, 0.15) is 31.2 Å². The van der Waals surface area contributed by atoms with Crippen LogP contribution < -0.4 is 5.32 Å². The van der Waals surface area contributed by atoms with Crippen molar-refractivity contribution in [2.45, 2.75) is 37.8 Å². The van der Waals surface area contributed by atoms with E-state index in [0.717, 1.165) is 12.8 Å². The van der Waals surface area contributed by atoms with Gasteiger partial charge in [0.1, 0.15) is 11.4 Å². The monoisotopic (exact) mass is 310 g/mol. The zero-order valence-electron chi connectivity index (χ0n) is 11.5. The van der Waals surface area contributed by atoms with Gasteiger partial charge in [-0.1, -0.05) is 36.6 Å². The van der Waals surface area contributed by atoms with E-state index < -0.39 is 11.4 Å². The van der Waals surface area contributed by atoms with E-state index in [0.29, 0.717) is 18.4 Å². The molecule has 2 fully saturated rings. The normalized spacial score (nSPS) is 21.0. The Labute approximate surface area is 127 Å². The van der Waals surface area contributed by atoms with E-state index in [4.69, 9.17) is 11.6 Å². The molecule has 1 N–H and O–H groups in total. The van der Waals surface area contributed by atoms with Gasteiger partial charge in [-0.3, -0.25) is 9.59 Å². The molecule has 2 amide bonds. The van der Waals surface area contributed by atoms with Gasteiger partial charge in [0.25, 0.3) is 0 Å². The second kappa shape index (κ2) is 5.30. The Kier molecular flexibility index (Phi) is 3.61.